The minimum atomic E-state index is 0.494. The van der Waals surface area contributed by atoms with Crippen LogP contribution in [0.1, 0.15) is 71.1 Å². The standard InChI is InChI=1S/C25H33N3O2/c1-2-3-4-5-6-7-8-9-10-11-20-29-23-14-12-21(13-15-23)24-27-28-25(30-24)22-16-18-26-19-17-22/h12-19H,2-11,20H2,1H3. The molecule has 0 atom stereocenters. The van der Waals surface area contributed by atoms with Gasteiger partial charge in [-0.25, -0.2) is 0 Å². The molecule has 0 aliphatic carbocycles. The molecule has 1 aromatic carbocycles. The summed E-state index contributed by atoms with van der Waals surface area (Å²) in [6, 6.07) is 11.5. The van der Waals surface area contributed by atoms with Gasteiger partial charge in [-0.3, -0.25) is 4.98 Å². The number of ether oxygens (including phenoxy) is 1. The number of unbranched alkanes of at least 4 members (excludes halogenated alkanes) is 9. The summed E-state index contributed by atoms with van der Waals surface area (Å²) < 4.78 is 11.6. The van der Waals surface area contributed by atoms with Crippen LogP contribution in [-0.4, -0.2) is 21.8 Å². The van der Waals surface area contributed by atoms with Gasteiger partial charge in [0.1, 0.15) is 5.75 Å². The minimum absolute atomic E-state index is 0.494. The molecule has 0 spiro atoms. The maximum Gasteiger partial charge on any atom is 0.248 e. The van der Waals surface area contributed by atoms with E-state index in [9.17, 15) is 0 Å². The molecule has 0 aliphatic rings. The fourth-order valence-electron chi connectivity index (χ4n) is 3.42. The second-order valence-electron chi connectivity index (χ2n) is 7.70. The van der Waals surface area contributed by atoms with Crippen molar-refractivity contribution in [2.45, 2.75) is 71.1 Å². The van der Waals surface area contributed by atoms with Gasteiger partial charge in [0.25, 0.3) is 0 Å². The zero-order valence-corrected chi connectivity index (χ0v) is 18.1. The van der Waals surface area contributed by atoms with Crippen molar-refractivity contribution in [2.75, 3.05) is 6.61 Å². The Bertz CT molecular complexity index is 831. The lowest BCUT2D eigenvalue weighted by molar-refractivity contribution is 0.304. The highest BCUT2D eigenvalue weighted by Crippen LogP contribution is 2.25. The normalized spacial score (nSPS) is 11.0. The second kappa shape index (κ2) is 12.8. The molecule has 0 aliphatic heterocycles. The Hall–Kier alpha value is -2.69. The third kappa shape index (κ3) is 7.29. The average Bonchev–Trinajstić information content (AvgIpc) is 3.29. The van der Waals surface area contributed by atoms with Crippen LogP contribution in [0.15, 0.2) is 53.2 Å². The highest BCUT2D eigenvalue weighted by atomic mass is 16.5. The number of aromatic nitrogens is 3. The molecule has 0 radical (unpaired) electrons. The first kappa shape index (κ1) is 22.0. The Morgan fingerprint density at radius 3 is 1.80 bits per heavy atom. The van der Waals surface area contributed by atoms with Crippen LogP contribution in [0.5, 0.6) is 5.75 Å². The van der Waals surface area contributed by atoms with Crippen molar-refractivity contribution in [3.8, 4) is 28.7 Å². The Kier molecular flexibility index (Phi) is 9.38. The van der Waals surface area contributed by atoms with E-state index in [0.29, 0.717) is 11.8 Å². The molecule has 0 unspecified atom stereocenters. The van der Waals surface area contributed by atoms with Gasteiger partial charge in [-0.1, -0.05) is 64.7 Å². The van der Waals surface area contributed by atoms with E-state index in [4.69, 9.17) is 9.15 Å². The summed E-state index contributed by atoms with van der Waals surface area (Å²) in [6.45, 7) is 3.03. The van der Waals surface area contributed by atoms with Gasteiger partial charge in [-0.15, -0.1) is 10.2 Å². The van der Waals surface area contributed by atoms with Crippen LogP contribution in [-0.2, 0) is 0 Å². The lowest BCUT2D eigenvalue weighted by atomic mass is 10.1. The quantitative estimate of drug-likeness (QED) is 0.267. The van der Waals surface area contributed by atoms with Gasteiger partial charge in [0.2, 0.25) is 11.8 Å². The fraction of sp³-hybridized carbons (Fsp3) is 0.480. The minimum Gasteiger partial charge on any atom is -0.494 e. The molecule has 0 N–H and O–H groups in total. The lowest BCUT2D eigenvalue weighted by Gasteiger charge is -2.06. The predicted octanol–water partition coefficient (Wildman–Crippen LogP) is 7.10. The number of hydrogen-bond donors (Lipinski definition) is 0. The van der Waals surface area contributed by atoms with Crippen molar-refractivity contribution in [3.05, 3.63) is 48.8 Å². The van der Waals surface area contributed by atoms with E-state index in [1.807, 2.05) is 36.4 Å². The first-order valence-electron chi connectivity index (χ1n) is 11.3. The molecular formula is C25H33N3O2. The van der Waals surface area contributed by atoms with Crippen LogP contribution in [0, 0.1) is 0 Å². The van der Waals surface area contributed by atoms with Gasteiger partial charge < -0.3 is 9.15 Å². The SMILES string of the molecule is CCCCCCCCCCCCOc1ccc(-c2nnc(-c3ccncc3)o2)cc1. The van der Waals surface area contributed by atoms with Crippen LogP contribution in [0.25, 0.3) is 22.9 Å². The second-order valence-corrected chi connectivity index (χ2v) is 7.70. The maximum absolute atomic E-state index is 5.87. The molecular weight excluding hydrogens is 374 g/mol. The number of rotatable bonds is 14. The Labute approximate surface area is 179 Å². The van der Waals surface area contributed by atoms with Gasteiger partial charge >= 0.3 is 0 Å². The molecule has 0 bridgehead atoms. The highest BCUT2D eigenvalue weighted by Gasteiger charge is 2.10. The van der Waals surface area contributed by atoms with Crippen molar-refractivity contribution in [3.63, 3.8) is 0 Å². The van der Waals surface area contributed by atoms with E-state index in [0.717, 1.165) is 29.9 Å². The smallest absolute Gasteiger partial charge is 0.248 e. The third-order valence-electron chi connectivity index (χ3n) is 5.22. The summed E-state index contributed by atoms with van der Waals surface area (Å²) in [4.78, 5) is 4.00. The first-order valence-corrected chi connectivity index (χ1v) is 11.3. The van der Waals surface area contributed by atoms with E-state index in [1.165, 1.54) is 57.8 Å². The number of benzene rings is 1. The summed E-state index contributed by atoms with van der Waals surface area (Å²) in [5, 5.41) is 8.27. The third-order valence-corrected chi connectivity index (χ3v) is 5.22. The monoisotopic (exact) mass is 407 g/mol. The van der Waals surface area contributed by atoms with Crippen LogP contribution >= 0.6 is 0 Å². The summed E-state index contributed by atoms with van der Waals surface area (Å²) in [5.74, 6) is 1.88. The van der Waals surface area contributed by atoms with Crippen LogP contribution < -0.4 is 4.74 Å². The van der Waals surface area contributed by atoms with Crippen molar-refractivity contribution in [1.82, 2.24) is 15.2 Å². The zero-order chi connectivity index (χ0) is 20.9. The Morgan fingerprint density at radius 1 is 0.667 bits per heavy atom. The summed E-state index contributed by atoms with van der Waals surface area (Å²) in [7, 11) is 0. The van der Waals surface area contributed by atoms with Gasteiger partial charge in [0.15, 0.2) is 0 Å². The molecule has 30 heavy (non-hydrogen) atoms. The van der Waals surface area contributed by atoms with Crippen LogP contribution in [0.4, 0.5) is 0 Å². The van der Waals surface area contributed by atoms with E-state index in [-0.39, 0.29) is 0 Å². The Morgan fingerprint density at radius 2 is 1.20 bits per heavy atom. The maximum atomic E-state index is 5.87. The molecule has 0 amide bonds. The summed E-state index contributed by atoms with van der Waals surface area (Å²) in [6.07, 6.45) is 16.7. The lowest BCUT2D eigenvalue weighted by Crippen LogP contribution is -1.97. The molecule has 0 saturated carbocycles. The summed E-state index contributed by atoms with van der Waals surface area (Å²) >= 11 is 0. The van der Waals surface area contributed by atoms with E-state index in [2.05, 4.69) is 22.1 Å². The number of nitrogens with zero attached hydrogens (tertiary/aromatic N) is 3. The van der Waals surface area contributed by atoms with Gasteiger partial charge in [-0.2, -0.15) is 0 Å². The van der Waals surface area contributed by atoms with E-state index < -0.39 is 0 Å². The topological polar surface area (TPSA) is 61.0 Å². The number of hydrogen-bond acceptors (Lipinski definition) is 5. The molecule has 5 nitrogen and oxygen atoms in total. The summed E-state index contributed by atoms with van der Waals surface area (Å²) in [5.41, 5.74) is 1.74. The largest absolute Gasteiger partial charge is 0.494 e. The van der Waals surface area contributed by atoms with Crippen molar-refractivity contribution in [1.29, 1.82) is 0 Å². The molecule has 5 heteroatoms. The van der Waals surface area contributed by atoms with Gasteiger partial charge in [0, 0.05) is 23.5 Å². The van der Waals surface area contributed by atoms with Gasteiger partial charge in [-0.05, 0) is 42.8 Å². The fourth-order valence-corrected chi connectivity index (χ4v) is 3.42. The van der Waals surface area contributed by atoms with Gasteiger partial charge in [0.05, 0.1) is 6.61 Å². The van der Waals surface area contributed by atoms with E-state index >= 15 is 0 Å². The molecule has 3 rings (SSSR count). The Balaban J connectivity index is 1.32. The number of pyridine rings is 1. The zero-order valence-electron chi connectivity index (χ0n) is 18.1. The molecule has 0 fully saturated rings. The highest BCUT2D eigenvalue weighted by molar-refractivity contribution is 5.58. The van der Waals surface area contributed by atoms with Crippen LogP contribution in [0.2, 0.25) is 0 Å². The molecule has 0 saturated heterocycles. The first-order chi connectivity index (χ1) is 14.9. The van der Waals surface area contributed by atoms with Crippen molar-refractivity contribution < 1.29 is 9.15 Å². The predicted molar refractivity (Wildman–Crippen MR) is 120 cm³/mol. The van der Waals surface area contributed by atoms with E-state index in [1.54, 1.807) is 12.4 Å². The molecule has 2 aromatic heterocycles. The average molecular weight is 408 g/mol. The molecule has 3 aromatic rings. The van der Waals surface area contributed by atoms with Crippen molar-refractivity contribution in [2.24, 2.45) is 0 Å². The van der Waals surface area contributed by atoms with Crippen molar-refractivity contribution >= 4 is 0 Å². The van der Waals surface area contributed by atoms with Crippen LogP contribution in [0.3, 0.4) is 0 Å². The molecule has 160 valence electrons. The molecule has 2 heterocycles.